The molecule has 1 saturated carbocycles. The Morgan fingerprint density at radius 2 is 2.07 bits per heavy atom. The summed E-state index contributed by atoms with van der Waals surface area (Å²) in [7, 11) is -2.95. The minimum Gasteiger partial charge on any atom is -0.396 e. The topological polar surface area (TPSA) is 80.4 Å². The fourth-order valence-electron chi connectivity index (χ4n) is 1.94. The summed E-state index contributed by atoms with van der Waals surface area (Å²) >= 11 is 0. The van der Waals surface area contributed by atoms with Crippen molar-refractivity contribution in [3.8, 4) is 0 Å². The van der Waals surface area contributed by atoms with Crippen LogP contribution in [0.25, 0.3) is 0 Å². The molecular weight excluding hydrogens is 214 g/mol. The van der Waals surface area contributed by atoms with Gasteiger partial charge in [-0.2, -0.15) is 0 Å². The number of rotatable bonds is 7. The third-order valence-corrected chi connectivity index (χ3v) is 5.22. The smallest absolute Gasteiger partial charge is 0.150 e. The number of aliphatic hydroxyl groups is 1. The number of hydrogen-bond donors (Lipinski definition) is 2. The van der Waals surface area contributed by atoms with Crippen LogP contribution in [-0.4, -0.2) is 38.2 Å². The average Bonchev–Trinajstić information content (AvgIpc) is 3.05. The van der Waals surface area contributed by atoms with Gasteiger partial charge in [-0.1, -0.05) is 6.92 Å². The van der Waals surface area contributed by atoms with Crippen molar-refractivity contribution in [2.24, 2.45) is 17.1 Å². The largest absolute Gasteiger partial charge is 0.396 e. The van der Waals surface area contributed by atoms with Crippen LogP contribution in [0.5, 0.6) is 0 Å². The Labute approximate surface area is 91.8 Å². The van der Waals surface area contributed by atoms with Gasteiger partial charge in [-0.05, 0) is 25.2 Å². The summed E-state index contributed by atoms with van der Waals surface area (Å²) in [4.78, 5) is 0. The fraction of sp³-hybridized carbons (Fsp3) is 1.00. The van der Waals surface area contributed by atoms with Crippen LogP contribution in [0.3, 0.4) is 0 Å². The first-order valence-electron chi connectivity index (χ1n) is 5.51. The van der Waals surface area contributed by atoms with Crippen LogP contribution >= 0.6 is 0 Å². The Hall–Kier alpha value is -0.130. The molecule has 1 rings (SSSR count). The first-order chi connectivity index (χ1) is 6.99. The number of aliphatic hydroxyl groups excluding tert-OH is 1. The van der Waals surface area contributed by atoms with Gasteiger partial charge in [0.05, 0.1) is 12.4 Å². The molecule has 5 heteroatoms. The SMILES string of the molecule is CCS(=O)(=O)CCC(CN)(CO)C1CC1. The van der Waals surface area contributed by atoms with Gasteiger partial charge in [0, 0.05) is 17.7 Å². The van der Waals surface area contributed by atoms with E-state index in [9.17, 15) is 13.5 Å². The molecule has 0 heterocycles. The summed E-state index contributed by atoms with van der Waals surface area (Å²) in [6, 6.07) is 0. The predicted octanol–water partition coefficient (Wildman–Crippen LogP) is 0.159. The molecule has 0 bridgehead atoms. The Balaban J connectivity index is 2.59. The molecule has 0 aromatic rings. The molecule has 0 saturated heterocycles. The third kappa shape index (κ3) is 3.16. The highest BCUT2D eigenvalue weighted by atomic mass is 32.2. The molecule has 4 nitrogen and oxygen atoms in total. The van der Waals surface area contributed by atoms with Gasteiger partial charge in [0.15, 0.2) is 0 Å². The lowest BCUT2D eigenvalue weighted by Gasteiger charge is -2.30. The van der Waals surface area contributed by atoms with Crippen molar-refractivity contribution in [3.63, 3.8) is 0 Å². The average molecular weight is 235 g/mol. The van der Waals surface area contributed by atoms with Gasteiger partial charge < -0.3 is 10.8 Å². The van der Waals surface area contributed by atoms with Crippen molar-refractivity contribution in [3.05, 3.63) is 0 Å². The molecule has 1 atom stereocenters. The van der Waals surface area contributed by atoms with E-state index in [1.54, 1.807) is 6.92 Å². The molecule has 90 valence electrons. The molecule has 0 spiro atoms. The summed E-state index contributed by atoms with van der Waals surface area (Å²) in [6.07, 6.45) is 2.65. The maximum Gasteiger partial charge on any atom is 0.150 e. The van der Waals surface area contributed by atoms with Gasteiger partial charge in [0.1, 0.15) is 9.84 Å². The normalized spacial score (nSPS) is 21.3. The summed E-state index contributed by atoms with van der Waals surface area (Å²) < 4.78 is 22.8. The van der Waals surface area contributed by atoms with E-state index in [-0.39, 0.29) is 23.5 Å². The van der Waals surface area contributed by atoms with E-state index in [2.05, 4.69) is 0 Å². The maximum atomic E-state index is 11.4. The lowest BCUT2D eigenvalue weighted by Crippen LogP contribution is -2.38. The van der Waals surface area contributed by atoms with Crippen molar-refractivity contribution in [1.82, 2.24) is 0 Å². The number of sulfone groups is 1. The molecule has 1 aliphatic rings. The summed E-state index contributed by atoms with van der Waals surface area (Å²) in [5.74, 6) is 0.751. The van der Waals surface area contributed by atoms with E-state index >= 15 is 0 Å². The van der Waals surface area contributed by atoms with E-state index in [4.69, 9.17) is 5.73 Å². The van der Waals surface area contributed by atoms with E-state index < -0.39 is 9.84 Å². The highest BCUT2D eigenvalue weighted by Crippen LogP contribution is 2.47. The van der Waals surface area contributed by atoms with Crippen LogP contribution in [0.15, 0.2) is 0 Å². The number of hydrogen-bond acceptors (Lipinski definition) is 4. The van der Waals surface area contributed by atoms with Crippen LogP contribution in [-0.2, 0) is 9.84 Å². The Bertz CT molecular complexity index is 292. The number of nitrogens with two attached hydrogens (primary N) is 1. The van der Waals surface area contributed by atoms with Crippen LogP contribution in [0.2, 0.25) is 0 Å². The van der Waals surface area contributed by atoms with Gasteiger partial charge >= 0.3 is 0 Å². The van der Waals surface area contributed by atoms with Crippen LogP contribution in [0.4, 0.5) is 0 Å². The second-order valence-corrected chi connectivity index (χ2v) is 6.96. The summed E-state index contributed by atoms with van der Waals surface area (Å²) in [5.41, 5.74) is 5.33. The lowest BCUT2D eigenvalue weighted by molar-refractivity contribution is 0.105. The Morgan fingerprint density at radius 1 is 1.47 bits per heavy atom. The van der Waals surface area contributed by atoms with Crippen LogP contribution in [0.1, 0.15) is 26.2 Å². The second-order valence-electron chi connectivity index (χ2n) is 4.49. The van der Waals surface area contributed by atoms with Crippen molar-refractivity contribution in [1.29, 1.82) is 0 Å². The zero-order chi connectivity index (χ0) is 11.5. The van der Waals surface area contributed by atoms with Crippen molar-refractivity contribution < 1.29 is 13.5 Å². The Morgan fingerprint density at radius 3 is 2.40 bits per heavy atom. The molecule has 0 aliphatic heterocycles. The molecule has 1 aliphatic carbocycles. The zero-order valence-corrected chi connectivity index (χ0v) is 10.1. The minimum atomic E-state index is -2.95. The predicted molar refractivity (Wildman–Crippen MR) is 60.2 cm³/mol. The molecule has 1 fully saturated rings. The van der Waals surface area contributed by atoms with E-state index in [1.807, 2.05) is 0 Å². The molecule has 0 aromatic heterocycles. The Kier molecular flexibility index (Phi) is 4.14. The van der Waals surface area contributed by atoms with Crippen LogP contribution in [0, 0.1) is 11.3 Å². The van der Waals surface area contributed by atoms with Gasteiger partial charge in [-0.25, -0.2) is 8.42 Å². The lowest BCUT2D eigenvalue weighted by atomic mass is 9.81. The first-order valence-corrected chi connectivity index (χ1v) is 7.33. The zero-order valence-electron chi connectivity index (χ0n) is 9.28. The third-order valence-electron chi connectivity index (χ3n) is 3.52. The second kappa shape index (κ2) is 4.80. The van der Waals surface area contributed by atoms with Gasteiger partial charge in [0.2, 0.25) is 0 Å². The maximum absolute atomic E-state index is 11.4. The molecule has 0 aromatic carbocycles. The highest BCUT2D eigenvalue weighted by molar-refractivity contribution is 7.91. The molecule has 0 radical (unpaired) electrons. The molecule has 15 heavy (non-hydrogen) atoms. The quantitative estimate of drug-likeness (QED) is 0.658. The van der Waals surface area contributed by atoms with Crippen molar-refractivity contribution in [2.45, 2.75) is 26.2 Å². The first kappa shape index (κ1) is 12.9. The molecular formula is C10H21NO3S. The fourth-order valence-corrected chi connectivity index (χ4v) is 2.95. The molecule has 0 amide bonds. The summed E-state index contributed by atoms with van der Waals surface area (Å²) in [5, 5.41) is 9.38. The van der Waals surface area contributed by atoms with Gasteiger partial charge in [0.25, 0.3) is 0 Å². The minimum absolute atomic E-state index is 0.00734. The molecule has 3 N–H and O–H groups in total. The van der Waals surface area contributed by atoms with Gasteiger partial charge in [-0.15, -0.1) is 0 Å². The van der Waals surface area contributed by atoms with E-state index in [1.165, 1.54) is 0 Å². The van der Waals surface area contributed by atoms with Crippen LogP contribution < -0.4 is 5.73 Å². The van der Waals surface area contributed by atoms with Gasteiger partial charge in [-0.3, -0.25) is 0 Å². The monoisotopic (exact) mass is 235 g/mol. The van der Waals surface area contributed by atoms with Crippen molar-refractivity contribution >= 4 is 9.84 Å². The van der Waals surface area contributed by atoms with E-state index in [0.29, 0.717) is 18.9 Å². The molecule has 1 unspecified atom stereocenters. The standard InChI is InChI=1S/C10H21NO3S/c1-2-15(13,14)6-5-10(7-11,8-12)9-3-4-9/h9,12H,2-8,11H2,1H3. The van der Waals surface area contributed by atoms with Crippen molar-refractivity contribution in [2.75, 3.05) is 24.7 Å². The highest BCUT2D eigenvalue weighted by Gasteiger charge is 2.43. The van der Waals surface area contributed by atoms with E-state index in [0.717, 1.165) is 12.8 Å². The summed E-state index contributed by atoms with van der Waals surface area (Å²) in [6.45, 7) is 2.04.